The maximum absolute atomic E-state index is 12.4. The van der Waals surface area contributed by atoms with Gasteiger partial charge in [-0.3, -0.25) is 9.59 Å². The van der Waals surface area contributed by atoms with E-state index in [1.807, 2.05) is 30.0 Å². The smallest absolute Gasteiger partial charge is 0.310 e. The van der Waals surface area contributed by atoms with Gasteiger partial charge in [0, 0.05) is 23.0 Å². The van der Waals surface area contributed by atoms with Crippen molar-refractivity contribution < 1.29 is 18.7 Å². The van der Waals surface area contributed by atoms with Gasteiger partial charge in [-0.05, 0) is 51.7 Å². The van der Waals surface area contributed by atoms with Crippen molar-refractivity contribution in [2.75, 3.05) is 6.61 Å². The standard InChI is InChI=1S/C20H25NO4/c1-13-7-8-17-16(11-24-18(17)9-13)10-20(23)25-12-19(22)21-14(2)5-4-6-15(21)3/h7-9,11,14-15H,4-6,10,12H2,1-3H3/t14-,15-/m0/s1. The Morgan fingerprint density at radius 3 is 2.68 bits per heavy atom. The third kappa shape index (κ3) is 3.86. The van der Waals surface area contributed by atoms with Crippen molar-refractivity contribution in [2.45, 2.75) is 58.5 Å². The van der Waals surface area contributed by atoms with Gasteiger partial charge in [-0.1, -0.05) is 12.1 Å². The average molecular weight is 343 g/mol. The van der Waals surface area contributed by atoms with Gasteiger partial charge in [0.25, 0.3) is 5.91 Å². The topological polar surface area (TPSA) is 59.8 Å². The summed E-state index contributed by atoms with van der Waals surface area (Å²) in [5.41, 5.74) is 2.65. The number of amides is 1. The average Bonchev–Trinajstić information content (AvgIpc) is 2.94. The molecule has 0 saturated carbocycles. The molecule has 1 aliphatic rings. The van der Waals surface area contributed by atoms with E-state index in [-0.39, 0.29) is 31.0 Å². The molecular formula is C20H25NO4. The monoisotopic (exact) mass is 343 g/mol. The van der Waals surface area contributed by atoms with E-state index >= 15 is 0 Å². The van der Waals surface area contributed by atoms with E-state index in [0.29, 0.717) is 0 Å². The summed E-state index contributed by atoms with van der Waals surface area (Å²) in [7, 11) is 0. The third-order valence-corrected chi connectivity index (χ3v) is 4.98. The second-order valence-electron chi connectivity index (χ2n) is 7.03. The van der Waals surface area contributed by atoms with E-state index in [9.17, 15) is 9.59 Å². The van der Waals surface area contributed by atoms with E-state index in [4.69, 9.17) is 9.15 Å². The second-order valence-corrected chi connectivity index (χ2v) is 7.03. The fourth-order valence-electron chi connectivity index (χ4n) is 3.66. The van der Waals surface area contributed by atoms with Crippen LogP contribution in [0.5, 0.6) is 0 Å². The Bertz CT molecular complexity index is 769. The van der Waals surface area contributed by atoms with Crippen molar-refractivity contribution in [1.29, 1.82) is 0 Å². The number of fused-ring (bicyclic) bond motifs is 1. The molecular weight excluding hydrogens is 318 g/mol. The summed E-state index contributed by atoms with van der Waals surface area (Å²) in [6.45, 7) is 5.90. The van der Waals surface area contributed by atoms with E-state index in [2.05, 4.69) is 13.8 Å². The quantitative estimate of drug-likeness (QED) is 0.796. The van der Waals surface area contributed by atoms with E-state index in [1.54, 1.807) is 6.26 Å². The van der Waals surface area contributed by atoms with Crippen LogP contribution in [0.4, 0.5) is 0 Å². The number of ether oxygens (including phenoxy) is 1. The molecule has 2 atom stereocenters. The molecule has 1 saturated heterocycles. The minimum atomic E-state index is -0.408. The molecule has 3 rings (SSSR count). The molecule has 1 aromatic heterocycles. The van der Waals surface area contributed by atoms with Crippen molar-refractivity contribution in [2.24, 2.45) is 0 Å². The molecule has 0 spiro atoms. The van der Waals surface area contributed by atoms with E-state index < -0.39 is 5.97 Å². The molecule has 2 aromatic rings. The van der Waals surface area contributed by atoms with Gasteiger partial charge < -0.3 is 14.1 Å². The van der Waals surface area contributed by atoms with Gasteiger partial charge >= 0.3 is 5.97 Å². The van der Waals surface area contributed by atoms with Crippen LogP contribution < -0.4 is 0 Å². The number of carbonyl (C=O) groups excluding carboxylic acids is 2. The first-order chi connectivity index (χ1) is 12.0. The Morgan fingerprint density at radius 2 is 1.96 bits per heavy atom. The summed E-state index contributed by atoms with van der Waals surface area (Å²) in [5.74, 6) is -0.519. The molecule has 5 heteroatoms. The van der Waals surface area contributed by atoms with Crippen LogP contribution in [0.2, 0.25) is 0 Å². The lowest BCUT2D eigenvalue weighted by molar-refractivity contribution is -0.154. The SMILES string of the molecule is Cc1ccc2c(CC(=O)OCC(=O)N3[C@@H](C)CCC[C@@H]3C)coc2c1. The van der Waals surface area contributed by atoms with Crippen LogP contribution in [0.25, 0.3) is 11.0 Å². The molecule has 25 heavy (non-hydrogen) atoms. The Labute approximate surface area is 147 Å². The first-order valence-electron chi connectivity index (χ1n) is 8.89. The maximum Gasteiger partial charge on any atom is 0.310 e. The summed E-state index contributed by atoms with van der Waals surface area (Å²) in [4.78, 5) is 26.4. The number of benzene rings is 1. The molecule has 0 radical (unpaired) electrons. The van der Waals surface area contributed by atoms with Gasteiger partial charge in [-0.2, -0.15) is 0 Å². The van der Waals surface area contributed by atoms with Gasteiger partial charge in [-0.15, -0.1) is 0 Å². The zero-order chi connectivity index (χ0) is 18.0. The van der Waals surface area contributed by atoms with Crippen LogP contribution >= 0.6 is 0 Å². The van der Waals surface area contributed by atoms with Gasteiger partial charge in [-0.25, -0.2) is 0 Å². The number of nitrogens with zero attached hydrogens (tertiary/aromatic N) is 1. The molecule has 0 unspecified atom stereocenters. The third-order valence-electron chi connectivity index (χ3n) is 4.98. The number of piperidine rings is 1. The minimum absolute atomic E-state index is 0.106. The number of rotatable bonds is 4. The zero-order valence-electron chi connectivity index (χ0n) is 15.1. The number of aryl methyl sites for hydroxylation is 1. The first kappa shape index (κ1) is 17.5. The Morgan fingerprint density at radius 1 is 1.24 bits per heavy atom. The Hall–Kier alpha value is -2.30. The normalized spacial score (nSPS) is 20.7. The van der Waals surface area contributed by atoms with Crippen LogP contribution in [0.3, 0.4) is 0 Å². The number of hydrogen-bond donors (Lipinski definition) is 0. The number of likely N-dealkylation sites (tertiary alicyclic amines) is 1. The molecule has 0 aliphatic carbocycles. The molecule has 0 bridgehead atoms. The van der Waals surface area contributed by atoms with Crippen LogP contribution in [0.1, 0.15) is 44.2 Å². The molecule has 1 aromatic carbocycles. The summed E-state index contributed by atoms with van der Waals surface area (Å²) in [6.07, 6.45) is 4.84. The minimum Gasteiger partial charge on any atom is -0.464 e. The highest BCUT2D eigenvalue weighted by Gasteiger charge is 2.29. The lowest BCUT2D eigenvalue weighted by atomic mass is 9.97. The number of hydrogen-bond acceptors (Lipinski definition) is 4. The molecule has 5 nitrogen and oxygen atoms in total. The number of furan rings is 1. The highest BCUT2D eigenvalue weighted by atomic mass is 16.5. The predicted octanol–water partition coefficient (Wildman–Crippen LogP) is 3.62. The summed E-state index contributed by atoms with van der Waals surface area (Å²) >= 11 is 0. The lowest BCUT2D eigenvalue weighted by Crippen LogP contribution is -2.49. The Balaban J connectivity index is 1.58. The molecule has 1 aliphatic heterocycles. The van der Waals surface area contributed by atoms with Crippen molar-refractivity contribution in [3.05, 3.63) is 35.6 Å². The number of esters is 1. The van der Waals surface area contributed by atoms with Crippen molar-refractivity contribution in [3.63, 3.8) is 0 Å². The molecule has 0 N–H and O–H groups in total. The fraction of sp³-hybridized carbons (Fsp3) is 0.500. The highest BCUT2D eigenvalue weighted by molar-refractivity contribution is 5.87. The van der Waals surface area contributed by atoms with Crippen molar-refractivity contribution >= 4 is 22.8 Å². The van der Waals surface area contributed by atoms with Crippen molar-refractivity contribution in [1.82, 2.24) is 4.90 Å². The van der Waals surface area contributed by atoms with Gasteiger partial charge in [0.2, 0.25) is 0 Å². The van der Waals surface area contributed by atoms with Crippen LogP contribution in [-0.2, 0) is 20.7 Å². The first-order valence-corrected chi connectivity index (χ1v) is 8.89. The van der Waals surface area contributed by atoms with E-state index in [0.717, 1.165) is 41.4 Å². The zero-order valence-corrected chi connectivity index (χ0v) is 15.1. The van der Waals surface area contributed by atoms with Crippen molar-refractivity contribution in [3.8, 4) is 0 Å². The predicted molar refractivity (Wildman–Crippen MR) is 95.2 cm³/mol. The summed E-state index contributed by atoms with van der Waals surface area (Å²) in [5, 5.41) is 0.909. The van der Waals surface area contributed by atoms with Crippen LogP contribution in [0, 0.1) is 6.92 Å². The molecule has 1 fully saturated rings. The fourth-order valence-corrected chi connectivity index (χ4v) is 3.66. The molecule has 1 amide bonds. The van der Waals surface area contributed by atoms with Crippen LogP contribution in [0.15, 0.2) is 28.9 Å². The van der Waals surface area contributed by atoms with E-state index in [1.165, 1.54) is 0 Å². The van der Waals surface area contributed by atoms with Gasteiger partial charge in [0.15, 0.2) is 6.61 Å². The number of carbonyl (C=O) groups is 2. The largest absolute Gasteiger partial charge is 0.464 e. The summed E-state index contributed by atoms with van der Waals surface area (Å²) in [6, 6.07) is 6.27. The molecule has 2 heterocycles. The van der Waals surface area contributed by atoms with Gasteiger partial charge in [0.1, 0.15) is 5.58 Å². The Kier molecular flexibility index (Phi) is 5.11. The summed E-state index contributed by atoms with van der Waals surface area (Å²) < 4.78 is 10.7. The van der Waals surface area contributed by atoms with Crippen LogP contribution in [-0.4, -0.2) is 35.5 Å². The lowest BCUT2D eigenvalue weighted by Gasteiger charge is -2.38. The molecule has 134 valence electrons. The van der Waals surface area contributed by atoms with Gasteiger partial charge in [0.05, 0.1) is 12.7 Å². The second kappa shape index (κ2) is 7.30. The highest BCUT2D eigenvalue weighted by Crippen LogP contribution is 2.24. The maximum atomic E-state index is 12.4.